The standard InChI is InChI=1S/C12H9BrFNO/c13-7-10-4-5-11(12(16)15-10)8-2-1-3-9(14)6-8/h1-6H,7H2,(H,15,16). The van der Waals surface area contributed by atoms with Crippen LogP contribution in [0.5, 0.6) is 0 Å². The summed E-state index contributed by atoms with van der Waals surface area (Å²) in [6, 6.07) is 9.49. The van der Waals surface area contributed by atoms with Crippen LogP contribution in [0.3, 0.4) is 0 Å². The average Bonchev–Trinajstić information content (AvgIpc) is 2.28. The van der Waals surface area contributed by atoms with Crippen molar-refractivity contribution in [2.45, 2.75) is 5.33 Å². The lowest BCUT2D eigenvalue weighted by atomic mass is 10.1. The number of alkyl halides is 1. The number of aromatic nitrogens is 1. The molecule has 0 aliphatic carbocycles. The molecular weight excluding hydrogens is 273 g/mol. The highest BCUT2D eigenvalue weighted by molar-refractivity contribution is 9.08. The quantitative estimate of drug-likeness (QED) is 0.844. The summed E-state index contributed by atoms with van der Waals surface area (Å²) < 4.78 is 13.0. The lowest BCUT2D eigenvalue weighted by Crippen LogP contribution is -2.10. The first-order valence-electron chi connectivity index (χ1n) is 4.75. The van der Waals surface area contributed by atoms with Crippen molar-refractivity contribution >= 4 is 15.9 Å². The van der Waals surface area contributed by atoms with E-state index in [1.165, 1.54) is 12.1 Å². The Labute approximate surface area is 100 Å². The molecule has 0 spiro atoms. The van der Waals surface area contributed by atoms with E-state index in [2.05, 4.69) is 20.9 Å². The van der Waals surface area contributed by atoms with Crippen molar-refractivity contribution < 1.29 is 4.39 Å². The molecule has 82 valence electrons. The highest BCUT2D eigenvalue weighted by atomic mass is 79.9. The molecule has 1 aromatic heterocycles. The van der Waals surface area contributed by atoms with Crippen LogP contribution in [0.2, 0.25) is 0 Å². The SMILES string of the molecule is O=c1[nH]c(CBr)ccc1-c1cccc(F)c1. The van der Waals surface area contributed by atoms with Crippen LogP contribution in [-0.2, 0) is 5.33 Å². The Morgan fingerprint density at radius 2 is 2.06 bits per heavy atom. The number of hydrogen-bond donors (Lipinski definition) is 1. The largest absolute Gasteiger partial charge is 0.325 e. The van der Waals surface area contributed by atoms with Crippen LogP contribution in [0.4, 0.5) is 4.39 Å². The number of benzene rings is 1. The van der Waals surface area contributed by atoms with Crippen LogP contribution in [0, 0.1) is 5.82 Å². The molecule has 0 fully saturated rings. The van der Waals surface area contributed by atoms with E-state index < -0.39 is 0 Å². The second kappa shape index (κ2) is 4.61. The van der Waals surface area contributed by atoms with E-state index in [9.17, 15) is 9.18 Å². The first-order valence-corrected chi connectivity index (χ1v) is 5.87. The van der Waals surface area contributed by atoms with Gasteiger partial charge in [-0.15, -0.1) is 0 Å². The second-order valence-electron chi connectivity index (χ2n) is 3.37. The molecule has 0 radical (unpaired) electrons. The molecule has 16 heavy (non-hydrogen) atoms. The van der Waals surface area contributed by atoms with Crippen molar-refractivity contribution in [2.24, 2.45) is 0 Å². The summed E-state index contributed by atoms with van der Waals surface area (Å²) in [7, 11) is 0. The molecule has 2 aromatic rings. The van der Waals surface area contributed by atoms with Crippen LogP contribution in [0.15, 0.2) is 41.2 Å². The third-order valence-electron chi connectivity index (χ3n) is 2.25. The molecule has 0 unspecified atom stereocenters. The van der Waals surface area contributed by atoms with Gasteiger partial charge in [-0.05, 0) is 29.8 Å². The maximum atomic E-state index is 13.0. The van der Waals surface area contributed by atoms with E-state index >= 15 is 0 Å². The molecule has 4 heteroatoms. The number of aromatic amines is 1. The molecule has 1 N–H and O–H groups in total. The van der Waals surface area contributed by atoms with E-state index in [1.54, 1.807) is 24.3 Å². The molecule has 0 aliphatic rings. The van der Waals surface area contributed by atoms with Gasteiger partial charge in [-0.1, -0.05) is 28.1 Å². The fourth-order valence-corrected chi connectivity index (χ4v) is 1.80. The summed E-state index contributed by atoms with van der Waals surface area (Å²) >= 11 is 3.25. The van der Waals surface area contributed by atoms with Crippen molar-refractivity contribution in [2.75, 3.05) is 0 Å². The lowest BCUT2D eigenvalue weighted by molar-refractivity contribution is 0.628. The molecule has 0 bridgehead atoms. The monoisotopic (exact) mass is 281 g/mol. The van der Waals surface area contributed by atoms with Crippen LogP contribution in [-0.4, -0.2) is 4.98 Å². The summed E-state index contributed by atoms with van der Waals surface area (Å²) in [5.41, 5.74) is 1.65. The zero-order valence-corrected chi connectivity index (χ0v) is 9.92. The van der Waals surface area contributed by atoms with Crippen LogP contribution < -0.4 is 5.56 Å². The fourth-order valence-electron chi connectivity index (χ4n) is 1.48. The van der Waals surface area contributed by atoms with Gasteiger partial charge in [0.05, 0.1) is 0 Å². The molecule has 0 atom stereocenters. The minimum Gasteiger partial charge on any atom is -0.325 e. The van der Waals surface area contributed by atoms with Crippen molar-refractivity contribution in [1.82, 2.24) is 4.98 Å². The summed E-state index contributed by atoms with van der Waals surface area (Å²) in [5, 5.41) is 0.589. The van der Waals surface area contributed by atoms with E-state index in [0.29, 0.717) is 16.5 Å². The summed E-state index contributed by atoms with van der Waals surface area (Å²) in [6.45, 7) is 0. The molecule has 2 rings (SSSR count). The van der Waals surface area contributed by atoms with Gasteiger partial charge < -0.3 is 4.98 Å². The van der Waals surface area contributed by atoms with E-state index in [4.69, 9.17) is 0 Å². The Bertz CT molecular complexity index is 565. The molecule has 1 heterocycles. The minimum absolute atomic E-state index is 0.206. The zero-order chi connectivity index (χ0) is 11.5. The number of pyridine rings is 1. The van der Waals surface area contributed by atoms with Gasteiger partial charge in [0.25, 0.3) is 5.56 Å². The predicted octanol–water partition coefficient (Wildman–Crippen LogP) is 3.08. The minimum atomic E-state index is -0.346. The van der Waals surface area contributed by atoms with Gasteiger partial charge in [-0.25, -0.2) is 4.39 Å². The van der Waals surface area contributed by atoms with Gasteiger partial charge in [0.2, 0.25) is 0 Å². The van der Waals surface area contributed by atoms with Crippen molar-refractivity contribution in [3.8, 4) is 11.1 Å². The van der Waals surface area contributed by atoms with Crippen LogP contribution >= 0.6 is 15.9 Å². The number of rotatable bonds is 2. The summed E-state index contributed by atoms with van der Waals surface area (Å²) in [4.78, 5) is 14.4. The van der Waals surface area contributed by atoms with Crippen molar-refractivity contribution in [3.63, 3.8) is 0 Å². The Balaban J connectivity index is 2.53. The second-order valence-corrected chi connectivity index (χ2v) is 3.93. The maximum absolute atomic E-state index is 13.0. The van der Waals surface area contributed by atoms with Gasteiger partial charge in [0.15, 0.2) is 0 Å². The predicted molar refractivity (Wildman–Crippen MR) is 65.1 cm³/mol. The number of nitrogens with one attached hydrogen (secondary N) is 1. The normalized spacial score (nSPS) is 10.4. The number of H-pyrrole nitrogens is 1. The summed E-state index contributed by atoms with van der Waals surface area (Å²) in [6.07, 6.45) is 0. The Kier molecular flexibility index (Phi) is 3.19. The first kappa shape index (κ1) is 11.1. The van der Waals surface area contributed by atoms with Crippen LogP contribution in [0.25, 0.3) is 11.1 Å². The topological polar surface area (TPSA) is 32.9 Å². The van der Waals surface area contributed by atoms with E-state index in [-0.39, 0.29) is 11.4 Å². The van der Waals surface area contributed by atoms with Crippen LogP contribution in [0.1, 0.15) is 5.69 Å². The third-order valence-corrected chi connectivity index (χ3v) is 2.85. The molecule has 1 aromatic carbocycles. The molecule has 2 nitrogen and oxygen atoms in total. The molecule has 0 saturated heterocycles. The van der Waals surface area contributed by atoms with Crippen molar-refractivity contribution in [1.29, 1.82) is 0 Å². The Hall–Kier alpha value is -1.42. The Morgan fingerprint density at radius 3 is 2.69 bits per heavy atom. The first-order chi connectivity index (χ1) is 7.70. The third kappa shape index (κ3) is 2.22. The van der Waals surface area contributed by atoms with Gasteiger partial charge >= 0.3 is 0 Å². The smallest absolute Gasteiger partial charge is 0.256 e. The van der Waals surface area contributed by atoms with E-state index in [1.807, 2.05) is 0 Å². The van der Waals surface area contributed by atoms with Crippen molar-refractivity contribution in [3.05, 3.63) is 58.3 Å². The highest BCUT2D eigenvalue weighted by Gasteiger charge is 2.04. The zero-order valence-electron chi connectivity index (χ0n) is 8.34. The number of hydrogen-bond acceptors (Lipinski definition) is 1. The van der Waals surface area contributed by atoms with E-state index in [0.717, 1.165) is 5.69 Å². The maximum Gasteiger partial charge on any atom is 0.256 e. The summed E-state index contributed by atoms with van der Waals surface area (Å²) in [5.74, 6) is -0.346. The van der Waals surface area contributed by atoms with Gasteiger partial charge in [0.1, 0.15) is 5.82 Å². The van der Waals surface area contributed by atoms with Gasteiger partial charge in [-0.3, -0.25) is 4.79 Å². The lowest BCUT2D eigenvalue weighted by Gasteiger charge is -2.02. The average molecular weight is 282 g/mol. The molecular formula is C12H9BrFNO. The molecule has 0 amide bonds. The highest BCUT2D eigenvalue weighted by Crippen LogP contribution is 2.16. The molecule has 0 saturated carbocycles. The van der Waals surface area contributed by atoms with Gasteiger partial charge in [-0.2, -0.15) is 0 Å². The fraction of sp³-hybridized carbons (Fsp3) is 0.0833. The van der Waals surface area contributed by atoms with Gasteiger partial charge in [0, 0.05) is 16.6 Å². The Morgan fingerprint density at radius 1 is 1.25 bits per heavy atom. The number of halogens is 2. The molecule has 0 aliphatic heterocycles.